The molecule has 4 rings (SSSR count). The molecule has 134 valence electrons. The van der Waals surface area contributed by atoms with Crippen LogP contribution in [0.1, 0.15) is 27.8 Å². The summed E-state index contributed by atoms with van der Waals surface area (Å²) in [6.07, 6.45) is 0.592. The second-order valence-corrected chi connectivity index (χ2v) is 6.11. The van der Waals surface area contributed by atoms with Crippen LogP contribution in [0.25, 0.3) is 21.7 Å². The molecule has 2 N–H and O–H groups in total. The van der Waals surface area contributed by atoms with Crippen molar-refractivity contribution in [3.05, 3.63) is 76.3 Å². The van der Waals surface area contributed by atoms with Crippen LogP contribution in [0.3, 0.4) is 0 Å². The molecule has 7 nitrogen and oxygen atoms in total. The highest BCUT2D eigenvalue weighted by molar-refractivity contribution is 6.11. The van der Waals surface area contributed by atoms with Gasteiger partial charge >= 0.3 is 5.97 Å². The number of carbonyl (C=O) groups is 2. The molecule has 0 saturated heterocycles. The van der Waals surface area contributed by atoms with Gasteiger partial charge in [-0.2, -0.15) is 5.10 Å². The Morgan fingerprint density at radius 2 is 1.67 bits per heavy atom. The highest BCUT2D eigenvalue weighted by Gasteiger charge is 2.24. The predicted molar refractivity (Wildman–Crippen MR) is 99.9 cm³/mol. The summed E-state index contributed by atoms with van der Waals surface area (Å²) in [6, 6.07) is 14.0. The van der Waals surface area contributed by atoms with E-state index in [1.54, 1.807) is 30.5 Å². The number of fused-ring (bicyclic) bond motifs is 2. The molecular formula is C20H15N3O4. The lowest BCUT2D eigenvalue weighted by Crippen LogP contribution is -2.26. The average molecular weight is 361 g/mol. The maximum Gasteiger partial charge on any atom is 0.360 e. The van der Waals surface area contributed by atoms with Crippen molar-refractivity contribution in [2.45, 2.75) is 13.0 Å². The van der Waals surface area contributed by atoms with E-state index in [1.807, 2.05) is 24.3 Å². The van der Waals surface area contributed by atoms with E-state index in [0.29, 0.717) is 16.3 Å². The third-order valence-electron chi connectivity index (χ3n) is 4.40. The first kappa shape index (κ1) is 16.7. The molecule has 4 aromatic rings. The zero-order valence-electron chi connectivity index (χ0n) is 14.4. The Kier molecular flexibility index (Phi) is 4.04. The van der Waals surface area contributed by atoms with Crippen molar-refractivity contribution in [1.29, 1.82) is 0 Å². The molecular weight excluding hydrogens is 346 g/mol. The lowest BCUT2D eigenvalue weighted by Gasteiger charge is -2.12. The van der Waals surface area contributed by atoms with Gasteiger partial charge in [-0.05, 0) is 19.1 Å². The van der Waals surface area contributed by atoms with Gasteiger partial charge in [-0.25, -0.2) is 9.89 Å². The summed E-state index contributed by atoms with van der Waals surface area (Å²) in [7, 11) is 0. The van der Waals surface area contributed by atoms with Crippen LogP contribution in [0.4, 0.5) is 0 Å². The molecule has 0 aliphatic carbocycles. The van der Waals surface area contributed by atoms with Gasteiger partial charge in [-0.15, -0.1) is 0 Å². The van der Waals surface area contributed by atoms with Crippen molar-refractivity contribution >= 4 is 33.4 Å². The molecule has 27 heavy (non-hydrogen) atoms. The SMILES string of the molecule is C[C@@H](OC(=O)c1n[nH]c(=O)c2ccccc12)C(=O)c1c[nH]c2ccccc12. The van der Waals surface area contributed by atoms with Gasteiger partial charge in [0.05, 0.1) is 5.39 Å². The summed E-state index contributed by atoms with van der Waals surface area (Å²) in [5.74, 6) is -1.10. The molecule has 0 saturated carbocycles. The number of hydrogen-bond donors (Lipinski definition) is 2. The first-order valence-corrected chi connectivity index (χ1v) is 8.35. The number of nitrogens with zero attached hydrogens (tertiary/aromatic N) is 1. The van der Waals surface area contributed by atoms with Crippen LogP contribution in [0.2, 0.25) is 0 Å². The van der Waals surface area contributed by atoms with Crippen LogP contribution in [0.15, 0.2) is 59.5 Å². The number of aromatic amines is 2. The second-order valence-electron chi connectivity index (χ2n) is 6.11. The molecule has 0 bridgehead atoms. The molecule has 2 heterocycles. The third kappa shape index (κ3) is 2.89. The normalized spacial score (nSPS) is 12.2. The Morgan fingerprint density at radius 3 is 2.44 bits per heavy atom. The Balaban J connectivity index is 1.62. The number of rotatable bonds is 4. The minimum atomic E-state index is -1.01. The summed E-state index contributed by atoms with van der Waals surface area (Å²) in [4.78, 5) is 40.1. The maximum atomic E-state index is 12.7. The number of benzene rings is 2. The van der Waals surface area contributed by atoms with Crippen LogP contribution >= 0.6 is 0 Å². The van der Waals surface area contributed by atoms with Crippen molar-refractivity contribution in [2.75, 3.05) is 0 Å². The molecule has 0 spiro atoms. The molecule has 0 unspecified atom stereocenters. The standard InChI is InChI=1S/C20H15N3O4/c1-11(18(24)15-10-21-16-9-5-4-6-12(15)16)27-20(26)17-13-7-2-3-8-14(13)19(25)23-22-17/h2-11,21H,1H3,(H,23,25)/t11-/m1/s1. The average Bonchev–Trinajstić information content (AvgIpc) is 3.12. The van der Waals surface area contributed by atoms with E-state index in [2.05, 4.69) is 15.2 Å². The van der Waals surface area contributed by atoms with Crippen molar-refractivity contribution in [3.8, 4) is 0 Å². The monoisotopic (exact) mass is 361 g/mol. The summed E-state index contributed by atoms with van der Waals surface area (Å²) in [5.41, 5.74) is 0.840. The van der Waals surface area contributed by atoms with Gasteiger partial charge < -0.3 is 9.72 Å². The van der Waals surface area contributed by atoms with Gasteiger partial charge in [-0.1, -0.05) is 36.4 Å². The summed E-state index contributed by atoms with van der Waals surface area (Å²) in [6.45, 7) is 1.51. The largest absolute Gasteiger partial charge is 0.449 e. The van der Waals surface area contributed by atoms with Crippen molar-refractivity contribution in [2.24, 2.45) is 0 Å². The lowest BCUT2D eigenvalue weighted by molar-refractivity contribution is 0.0314. The number of ketones is 1. The molecule has 0 amide bonds. The summed E-state index contributed by atoms with van der Waals surface area (Å²) >= 11 is 0. The van der Waals surface area contributed by atoms with E-state index < -0.39 is 17.6 Å². The number of H-pyrrole nitrogens is 2. The zero-order chi connectivity index (χ0) is 19.0. The number of aromatic nitrogens is 3. The summed E-state index contributed by atoms with van der Waals surface area (Å²) in [5, 5.41) is 7.55. The fourth-order valence-electron chi connectivity index (χ4n) is 3.03. The van der Waals surface area contributed by atoms with Crippen LogP contribution in [0, 0.1) is 0 Å². The Morgan fingerprint density at radius 1 is 1.00 bits per heavy atom. The van der Waals surface area contributed by atoms with E-state index in [0.717, 1.165) is 10.9 Å². The Bertz CT molecular complexity index is 1240. The molecule has 0 aliphatic rings. The third-order valence-corrected chi connectivity index (χ3v) is 4.40. The van der Waals surface area contributed by atoms with Gasteiger partial charge in [-0.3, -0.25) is 9.59 Å². The van der Waals surface area contributed by atoms with Gasteiger partial charge in [0.25, 0.3) is 5.56 Å². The maximum absolute atomic E-state index is 12.7. The number of hydrogen-bond acceptors (Lipinski definition) is 5. The number of para-hydroxylation sites is 1. The first-order chi connectivity index (χ1) is 13.1. The topological polar surface area (TPSA) is 105 Å². The smallest absolute Gasteiger partial charge is 0.360 e. The Hall–Kier alpha value is -3.74. The van der Waals surface area contributed by atoms with Gasteiger partial charge in [0, 0.05) is 28.0 Å². The quantitative estimate of drug-likeness (QED) is 0.429. The highest BCUT2D eigenvalue weighted by Crippen LogP contribution is 2.21. The molecule has 1 atom stereocenters. The number of carbonyl (C=O) groups excluding carboxylic acids is 2. The van der Waals surface area contributed by atoms with Gasteiger partial charge in [0.15, 0.2) is 11.8 Å². The van der Waals surface area contributed by atoms with E-state index in [1.165, 1.54) is 6.92 Å². The van der Waals surface area contributed by atoms with Crippen LogP contribution in [-0.4, -0.2) is 33.0 Å². The summed E-state index contributed by atoms with van der Waals surface area (Å²) < 4.78 is 5.33. The van der Waals surface area contributed by atoms with Gasteiger partial charge in [0.1, 0.15) is 0 Å². The molecule has 2 aromatic heterocycles. The van der Waals surface area contributed by atoms with E-state index in [-0.39, 0.29) is 11.5 Å². The van der Waals surface area contributed by atoms with Gasteiger partial charge in [0.2, 0.25) is 5.78 Å². The van der Waals surface area contributed by atoms with E-state index >= 15 is 0 Å². The fourth-order valence-corrected chi connectivity index (χ4v) is 3.03. The molecule has 0 aliphatic heterocycles. The predicted octanol–water partition coefficient (Wildman–Crippen LogP) is 2.83. The van der Waals surface area contributed by atoms with Crippen molar-refractivity contribution in [3.63, 3.8) is 0 Å². The number of nitrogens with one attached hydrogen (secondary N) is 2. The van der Waals surface area contributed by atoms with Crippen molar-refractivity contribution in [1.82, 2.24) is 15.2 Å². The fraction of sp³-hybridized carbons (Fsp3) is 0.100. The lowest BCUT2D eigenvalue weighted by atomic mass is 10.1. The number of esters is 1. The minimum absolute atomic E-state index is 0.0382. The first-order valence-electron chi connectivity index (χ1n) is 8.35. The molecule has 7 heteroatoms. The van der Waals surface area contributed by atoms with Crippen LogP contribution in [-0.2, 0) is 4.74 Å². The minimum Gasteiger partial charge on any atom is -0.449 e. The number of Topliss-reactive ketones (excluding diaryl/α,β-unsaturated/α-hetero) is 1. The zero-order valence-corrected chi connectivity index (χ0v) is 14.4. The second kappa shape index (κ2) is 6.53. The molecule has 0 fully saturated rings. The van der Waals surface area contributed by atoms with Crippen molar-refractivity contribution < 1.29 is 14.3 Å². The number of ether oxygens (including phenoxy) is 1. The molecule has 0 radical (unpaired) electrons. The van der Waals surface area contributed by atoms with E-state index in [9.17, 15) is 14.4 Å². The van der Waals surface area contributed by atoms with Crippen LogP contribution < -0.4 is 5.56 Å². The van der Waals surface area contributed by atoms with Crippen LogP contribution in [0.5, 0.6) is 0 Å². The Labute approximate surface area is 153 Å². The molecule has 2 aromatic carbocycles. The highest BCUT2D eigenvalue weighted by atomic mass is 16.5. The van der Waals surface area contributed by atoms with E-state index in [4.69, 9.17) is 4.74 Å².